The predicted octanol–water partition coefficient (Wildman–Crippen LogP) is 2.87. The third kappa shape index (κ3) is 1.60. The lowest BCUT2D eigenvalue weighted by molar-refractivity contribution is -0.670. The molecule has 0 saturated heterocycles. The van der Waals surface area contributed by atoms with Gasteiger partial charge in [-0.2, -0.15) is 0 Å². The van der Waals surface area contributed by atoms with E-state index < -0.39 is 0 Å². The van der Waals surface area contributed by atoms with E-state index in [1.807, 2.05) is 7.05 Å². The molecule has 2 heteroatoms. The predicted molar refractivity (Wildman–Crippen MR) is 75.2 cm³/mol. The molecule has 1 heterocycles. The summed E-state index contributed by atoms with van der Waals surface area (Å²) in [5.41, 5.74) is 6.87. The molecule has 0 radical (unpaired) electrons. The highest BCUT2D eigenvalue weighted by Gasteiger charge is 2.19. The summed E-state index contributed by atoms with van der Waals surface area (Å²) in [5, 5.41) is 0. The van der Waals surface area contributed by atoms with Gasteiger partial charge in [-0.1, -0.05) is 24.3 Å². The van der Waals surface area contributed by atoms with Gasteiger partial charge in [0.15, 0.2) is 0 Å². The van der Waals surface area contributed by atoms with Crippen LogP contribution in [0.4, 0.5) is 0 Å². The van der Waals surface area contributed by atoms with Crippen LogP contribution in [0.15, 0.2) is 61.2 Å². The second-order valence-electron chi connectivity index (χ2n) is 5.16. The molecule has 4 rings (SSSR count). The number of aryl methyl sites for hydroxylation is 1. The molecule has 0 fully saturated rings. The molecule has 1 aromatic heterocycles. The summed E-state index contributed by atoms with van der Waals surface area (Å²) < 4.78 is 4.21. The maximum Gasteiger partial charge on any atom is 0.248 e. The Morgan fingerprint density at radius 1 is 1.00 bits per heavy atom. The van der Waals surface area contributed by atoms with Crippen LogP contribution in [0, 0.1) is 0 Å². The van der Waals surface area contributed by atoms with E-state index >= 15 is 0 Å². The molecule has 0 aliphatic heterocycles. The van der Waals surface area contributed by atoms with Gasteiger partial charge < -0.3 is 0 Å². The van der Waals surface area contributed by atoms with E-state index in [-0.39, 0.29) is 0 Å². The standard InChI is InChI=1S/C17H15N2/c1-18-8-9-19(12-18)15-6-7-17-14(11-15)10-13-4-2-3-5-16(13)17/h2-9,11-12H,10H2,1H3/q+1. The summed E-state index contributed by atoms with van der Waals surface area (Å²) >= 11 is 0. The van der Waals surface area contributed by atoms with Crippen LogP contribution in [0.25, 0.3) is 16.8 Å². The molecule has 0 saturated carbocycles. The lowest BCUT2D eigenvalue weighted by Gasteiger charge is -2.02. The van der Waals surface area contributed by atoms with Gasteiger partial charge >= 0.3 is 0 Å². The van der Waals surface area contributed by atoms with Crippen molar-refractivity contribution in [3.05, 3.63) is 72.3 Å². The molecule has 0 atom stereocenters. The molecule has 3 aromatic rings. The van der Waals surface area contributed by atoms with Crippen molar-refractivity contribution in [2.45, 2.75) is 6.42 Å². The first-order chi connectivity index (χ1) is 9.31. The van der Waals surface area contributed by atoms with E-state index in [4.69, 9.17) is 0 Å². The molecule has 0 spiro atoms. The van der Waals surface area contributed by atoms with Crippen molar-refractivity contribution in [3.8, 4) is 16.8 Å². The number of hydrogen-bond acceptors (Lipinski definition) is 0. The Bertz CT molecular complexity index is 768. The Hall–Kier alpha value is -2.35. The highest BCUT2D eigenvalue weighted by atomic mass is 15.1. The van der Waals surface area contributed by atoms with Gasteiger partial charge in [0, 0.05) is 0 Å². The second-order valence-corrected chi connectivity index (χ2v) is 5.16. The summed E-state index contributed by atoms with van der Waals surface area (Å²) in [6.45, 7) is 0. The van der Waals surface area contributed by atoms with Gasteiger partial charge in [-0.3, -0.25) is 0 Å². The maximum atomic E-state index is 2.30. The molecule has 1 aliphatic rings. The van der Waals surface area contributed by atoms with Gasteiger partial charge in [-0.05, 0) is 46.9 Å². The topological polar surface area (TPSA) is 8.81 Å². The Morgan fingerprint density at radius 3 is 2.68 bits per heavy atom. The summed E-state index contributed by atoms with van der Waals surface area (Å²) in [4.78, 5) is 0. The minimum absolute atomic E-state index is 1.05. The van der Waals surface area contributed by atoms with Crippen molar-refractivity contribution in [3.63, 3.8) is 0 Å². The van der Waals surface area contributed by atoms with Crippen LogP contribution in [-0.4, -0.2) is 4.57 Å². The number of benzene rings is 2. The zero-order valence-electron chi connectivity index (χ0n) is 10.9. The lowest BCUT2D eigenvalue weighted by atomic mass is 10.1. The summed E-state index contributed by atoms with van der Waals surface area (Å²) in [6, 6.07) is 15.4. The summed E-state index contributed by atoms with van der Waals surface area (Å²) in [5.74, 6) is 0. The minimum Gasteiger partial charge on any atom is -0.239 e. The van der Waals surface area contributed by atoms with Crippen LogP contribution < -0.4 is 4.57 Å². The van der Waals surface area contributed by atoms with Crippen LogP contribution >= 0.6 is 0 Å². The highest BCUT2D eigenvalue weighted by molar-refractivity contribution is 5.77. The second kappa shape index (κ2) is 3.82. The van der Waals surface area contributed by atoms with Crippen molar-refractivity contribution < 1.29 is 4.57 Å². The Labute approximate surface area is 112 Å². The van der Waals surface area contributed by atoms with Gasteiger partial charge in [0.2, 0.25) is 6.33 Å². The largest absolute Gasteiger partial charge is 0.248 e. The maximum absolute atomic E-state index is 2.30. The fourth-order valence-electron chi connectivity index (χ4n) is 2.90. The number of hydrogen-bond donors (Lipinski definition) is 0. The Morgan fingerprint density at radius 2 is 1.84 bits per heavy atom. The van der Waals surface area contributed by atoms with Crippen molar-refractivity contribution >= 4 is 0 Å². The lowest BCUT2D eigenvalue weighted by Crippen LogP contribution is -2.23. The average molecular weight is 247 g/mol. The number of imidazole rings is 1. The van der Waals surface area contributed by atoms with E-state index in [0.717, 1.165) is 6.42 Å². The van der Waals surface area contributed by atoms with Crippen molar-refractivity contribution in [2.24, 2.45) is 7.05 Å². The number of fused-ring (bicyclic) bond motifs is 3. The summed E-state index contributed by atoms with van der Waals surface area (Å²) in [6.07, 6.45) is 7.28. The molecule has 19 heavy (non-hydrogen) atoms. The van der Waals surface area contributed by atoms with E-state index in [1.54, 1.807) is 0 Å². The van der Waals surface area contributed by atoms with Gasteiger partial charge in [0.25, 0.3) is 0 Å². The normalized spacial score (nSPS) is 12.3. The van der Waals surface area contributed by atoms with Crippen molar-refractivity contribution in [2.75, 3.05) is 0 Å². The third-order valence-corrected chi connectivity index (χ3v) is 3.84. The molecule has 92 valence electrons. The molecule has 0 amide bonds. The van der Waals surface area contributed by atoms with Crippen LogP contribution in [0.1, 0.15) is 11.1 Å². The molecule has 2 nitrogen and oxygen atoms in total. The van der Waals surface area contributed by atoms with Crippen LogP contribution in [0.5, 0.6) is 0 Å². The number of rotatable bonds is 1. The number of nitrogens with zero attached hydrogens (tertiary/aromatic N) is 2. The SMILES string of the molecule is C[n+]1ccn(-c2ccc3c(c2)Cc2ccccc2-3)c1. The van der Waals surface area contributed by atoms with Crippen LogP contribution in [0.3, 0.4) is 0 Å². The van der Waals surface area contributed by atoms with E-state index in [9.17, 15) is 0 Å². The van der Waals surface area contributed by atoms with Gasteiger partial charge in [0.05, 0.1) is 7.05 Å². The quantitative estimate of drug-likeness (QED) is 0.457. The Kier molecular flexibility index (Phi) is 2.12. The van der Waals surface area contributed by atoms with Crippen molar-refractivity contribution in [1.29, 1.82) is 0 Å². The van der Waals surface area contributed by atoms with Crippen molar-refractivity contribution in [1.82, 2.24) is 4.57 Å². The smallest absolute Gasteiger partial charge is 0.239 e. The van der Waals surface area contributed by atoms with Crippen LogP contribution in [0.2, 0.25) is 0 Å². The fraction of sp³-hybridized carbons (Fsp3) is 0.118. The molecule has 2 aromatic carbocycles. The molecule has 1 aliphatic carbocycles. The molecular formula is C17H15N2+. The van der Waals surface area contributed by atoms with Gasteiger partial charge in [-0.25, -0.2) is 9.13 Å². The molecule has 0 N–H and O–H groups in total. The molecule has 0 bridgehead atoms. The third-order valence-electron chi connectivity index (χ3n) is 3.84. The van der Waals surface area contributed by atoms with E-state index in [0.29, 0.717) is 0 Å². The van der Waals surface area contributed by atoms with Crippen LogP contribution in [-0.2, 0) is 13.5 Å². The van der Waals surface area contributed by atoms with E-state index in [2.05, 4.69) is 70.3 Å². The van der Waals surface area contributed by atoms with Gasteiger partial charge in [0.1, 0.15) is 18.1 Å². The number of aromatic nitrogens is 2. The highest BCUT2D eigenvalue weighted by Crippen LogP contribution is 2.37. The molecule has 0 unspecified atom stereocenters. The Balaban J connectivity index is 1.83. The zero-order chi connectivity index (χ0) is 12.8. The van der Waals surface area contributed by atoms with Gasteiger partial charge in [-0.15, -0.1) is 0 Å². The first-order valence-electron chi connectivity index (χ1n) is 6.56. The minimum atomic E-state index is 1.05. The van der Waals surface area contributed by atoms with E-state index in [1.165, 1.54) is 27.9 Å². The first-order valence-corrected chi connectivity index (χ1v) is 6.56. The zero-order valence-corrected chi connectivity index (χ0v) is 10.9. The first kappa shape index (κ1) is 10.6. The fourth-order valence-corrected chi connectivity index (χ4v) is 2.90. The average Bonchev–Trinajstić information content (AvgIpc) is 3.01. The monoisotopic (exact) mass is 247 g/mol. The summed E-state index contributed by atoms with van der Waals surface area (Å²) in [7, 11) is 2.04. The molecular weight excluding hydrogens is 232 g/mol.